The van der Waals surface area contributed by atoms with Crippen molar-refractivity contribution in [1.82, 2.24) is 14.5 Å². The molecule has 1 aromatic carbocycles. The van der Waals surface area contributed by atoms with E-state index in [2.05, 4.69) is 4.98 Å². The Hall–Kier alpha value is -2.94. The second-order valence-corrected chi connectivity index (χ2v) is 6.08. The van der Waals surface area contributed by atoms with Crippen LogP contribution in [0.5, 0.6) is 0 Å². The van der Waals surface area contributed by atoms with Gasteiger partial charge in [-0.3, -0.25) is 19.0 Å². The molecule has 0 bridgehead atoms. The van der Waals surface area contributed by atoms with E-state index in [1.807, 2.05) is 0 Å². The lowest BCUT2D eigenvalue weighted by Crippen LogP contribution is -2.46. The van der Waals surface area contributed by atoms with Crippen LogP contribution in [-0.4, -0.2) is 57.2 Å². The molecule has 0 aliphatic carbocycles. The van der Waals surface area contributed by atoms with Crippen LogP contribution in [0.15, 0.2) is 27.8 Å². The van der Waals surface area contributed by atoms with Gasteiger partial charge in [-0.1, -0.05) is 0 Å². The van der Waals surface area contributed by atoms with Crippen molar-refractivity contribution in [2.75, 3.05) is 19.7 Å². The summed E-state index contributed by atoms with van der Waals surface area (Å²) in [6.45, 7) is 2.74. The quantitative estimate of drug-likeness (QED) is 0.792. The van der Waals surface area contributed by atoms with Crippen LogP contribution in [0.25, 0.3) is 10.9 Å². The maximum atomic E-state index is 12.7. The van der Waals surface area contributed by atoms with Crippen LogP contribution >= 0.6 is 0 Å². The zero-order valence-corrected chi connectivity index (χ0v) is 14.2. The average Bonchev–Trinajstić information content (AvgIpc) is 2.60. The van der Waals surface area contributed by atoms with Crippen LogP contribution in [-0.2, 0) is 16.1 Å². The number of aromatic nitrogens is 2. The molecular formula is C17H19N3O6. The topological polar surface area (TPSA) is 122 Å². The number of hydrogen-bond donors (Lipinski definition) is 2. The van der Waals surface area contributed by atoms with E-state index in [0.717, 1.165) is 4.57 Å². The Balaban J connectivity index is 1.90. The molecule has 9 nitrogen and oxygen atoms in total. The number of aliphatic carboxylic acids is 1. The van der Waals surface area contributed by atoms with E-state index >= 15 is 0 Å². The van der Waals surface area contributed by atoms with Gasteiger partial charge in [0.15, 0.2) is 0 Å². The largest absolute Gasteiger partial charge is 0.481 e. The van der Waals surface area contributed by atoms with Gasteiger partial charge in [0, 0.05) is 25.2 Å². The summed E-state index contributed by atoms with van der Waals surface area (Å²) in [5.41, 5.74) is -0.315. The fourth-order valence-corrected chi connectivity index (χ4v) is 3.08. The van der Waals surface area contributed by atoms with Crippen LogP contribution in [0.4, 0.5) is 0 Å². The summed E-state index contributed by atoms with van der Waals surface area (Å²) in [5, 5.41) is 9.20. The molecule has 0 saturated carbocycles. The summed E-state index contributed by atoms with van der Waals surface area (Å²) >= 11 is 0. The molecule has 2 heterocycles. The molecule has 1 amide bonds. The molecule has 0 radical (unpaired) electrons. The Bertz CT molecular complexity index is 977. The van der Waals surface area contributed by atoms with Gasteiger partial charge in [-0.05, 0) is 25.1 Å². The zero-order chi connectivity index (χ0) is 18.8. The van der Waals surface area contributed by atoms with Crippen molar-refractivity contribution in [3.63, 3.8) is 0 Å². The third-order valence-electron chi connectivity index (χ3n) is 4.37. The monoisotopic (exact) mass is 361 g/mol. The number of hydrogen-bond acceptors (Lipinski definition) is 5. The number of rotatable bonds is 4. The molecule has 1 atom stereocenters. The van der Waals surface area contributed by atoms with Gasteiger partial charge in [-0.2, -0.15) is 0 Å². The van der Waals surface area contributed by atoms with Crippen molar-refractivity contribution in [2.45, 2.75) is 26.0 Å². The Morgan fingerprint density at radius 3 is 2.81 bits per heavy atom. The minimum atomic E-state index is -0.986. The fraction of sp³-hybridized carbons (Fsp3) is 0.412. The lowest BCUT2D eigenvalue weighted by atomic mass is 10.1. The second-order valence-electron chi connectivity index (χ2n) is 6.08. The lowest BCUT2D eigenvalue weighted by molar-refractivity contribution is -0.141. The zero-order valence-electron chi connectivity index (χ0n) is 14.2. The summed E-state index contributed by atoms with van der Waals surface area (Å²) in [7, 11) is 0. The SMILES string of the molecule is CCn1c(=O)[nH]c2cc(C(=O)N3CCO[C@@H](CC(=O)O)C3)ccc2c1=O. The molecule has 138 valence electrons. The number of H-pyrrole nitrogens is 1. The van der Waals surface area contributed by atoms with Gasteiger partial charge < -0.3 is 19.7 Å². The molecule has 1 aliphatic rings. The maximum Gasteiger partial charge on any atom is 0.328 e. The van der Waals surface area contributed by atoms with E-state index < -0.39 is 23.3 Å². The highest BCUT2D eigenvalue weighted by molar-refractivity contribution is 5.97. The highest BCUT2D eigenvalue weighted by Gasteiger charge is 2.26. The van der Waals surface area contributed by atoms with Crippen molar-refractivity contribution in [3.8, 4) is 0 Å². The first kappa shape index (κ1) is 17.9. The molecule has 2 N–H and O–H groups in total. The minimum absolute atomic E-state index is 0.175. The molecule has 1 aromatic heterocycles. The van der Waals surface area contributed by atoms with Crippen molar-refractivity contribution in [1.29, 1.82) is 0 Å². The highest BCUT2D eigenvalue weighted by Crippen LogP contribution is 2.15. The van der Waals surface area contributed by atoms with Gasteiger partial charge in [0.1, 0.15) is 0 Å². The van der Waals surface area contributed by atoms with Gasteiger partial charge in [-0.25, -0.2) is 4.79 Å². The Morgan fingerprint density at radius 2 is 2.12 bits per heavy atom. The number of carboxylic acids is 1. The number of carbonyl (C=O) groups excluding carboxylic acids is 1. The van der Waals surface area contributed by atoms with Crippen LogP contribution < -0.4 is 11.2 Å². The van der Waals surface area contributed by atoms with Gasteiger partial charge in [-0.15, -0.1) is 0 Å². The van der Waals surface area contributed by atoms with Crippen LogP contribution in [0.3, 0.4) is 0 Å². The van der Waals surface area contributed by atoms with E-state index in [1.165, 1.54) is 23.1 Å². The van der Waals surface area contributed by atoms with Gasteiger partial charge in [0.2, 0.25) is 0 Å². The van der Waals surface area contributed by atoms with Gasteiger partial charge in [0.05, 0.1) is 30.0 Å². The molecule has 26 heavy (non-hydrogen) atoms. The number of fused-ring (bicyclic) bond motifs is 1. The van der Waals surface area contributed by atoms with E-state index in [1.54, 1.807) is 6.92 Å². The number of nitrogens with one attached hydrogen (secondary N) is 1. The van der Waals surface area contributed by atoms with Gasteiger partial charge >= 0.3 is 11.7 Å². The summed E-state index contributed by atoms with van der Waals surface area (Å²) in [6, 6.07) is 4.52. The van der Waals surface area contributed by atoms with Crippen molar-refractivity contribution in [2.24, 2.45) is 0 Å². The number of benzene rings is 1. The lowest BCUT2D eigenvalue weighted by Gasteiger charge is -2.32. The average molecular weight is 361 g/mol. The predicted octanol–water partition coefficient (Wildman–Crippen LogP) is 0.0254. The van der Waals surface area contributed by atoms with E-state index in [-0.39, 0.29) is 32.0 Å². The van der Waals surface area contributed by atoms with Crippen LogP contribution in [0, 0.1) is 0 Å². The van der Waals surface area contributed by atoms with Crippen LogP contribution in [0.1, 0.15) is 23.7 Å². The predicted molar refractivity (Wildman–Crippen MR) is 92.4 cm³/mol. The van der Waals surface area contributed by atoms with Gasteiger partial charge in [0.25, 0.3) is 11.5 Å². The first-order valence-corrected chi connectivity index (χ1v) is 8.30. The molecular weight excluding hydrogens is 342 g/mol. The van der Waals surface area contributed by atoms with Crippen molar-refractivity contribution in [3.05, 3.63) is 44.6 Å². The maximum absolute atomic E-state index is 12.7. The smallest absolute Gasteiger partial charge is 0.328 e. The standard InChI is InChI=1S/C17H19N3O6/c1-2-20-16(24)12-4-3-10(7-13(12)18-17(20)25)15(23)19-5-6-26-11(9-19)8-14(21)22/h3-4,7,11H,2,5-6,8-9H2,1H3,(H,18,25)(H,21,22)/t11-/m0/s1. The molecule has 9 heteroatoms. The Kier molecular flexibility index (Phi) is 4.90. The number of carboxylic acid groups (broad SMARTS) is 1. The number of ether oxygens (including phenoxy) is 1. The molecule has 0 unspecified atom stereocenters. The summed E-state index contributed by atoms with van der Waals surface area (Å²) in [5.74, 6) is -1.29. The molecule has 2 aromatic rings. The Morgan fingerprint density at radius 1 is 1.35 bits per heavy atom. The number of amides is 1. The highest BCUT2D eigenvalue weighted by atomic mass is 16.5. The Labute approximate surface area is 147 Å². The van der Waals surface area contributed by atoms with Crippen molar-refractivity contribution < 1.29 is 19.4 Å². The summed E-state index contributed by atoms with van der Waals surface area (Å²) in [6.07, 6.45) is -0.729. The number of morpholine rings is 1. The van der Waals surface area contributed by atoms with E-state index in [9.17, 15) is 19.2 Å². The molecule has 0 spiro atoms. The first-order valence-electron chi connectivity index (χ1n) is 8.30. The summed E-state index contributed by atoms with van der Waals surface area (Å²) < 4.78 is 6.45. The third kappa shape index (κ3) is 3.38. The fourth-order valence-electron chi connectivity index (χ4n) is 3.08. The van der Waals surface area contributed by atoms with Crippen LogP contribution in [0.2, 0.25) is 0 Å². The van der Waals surface area contributed by atoms with E-state index in [4.69, 9.17) is 9.84 Å². The third-order valence-corrected chi connectivity index (χ3v) is 4.37. The minimum Gasteiger partial charge on any atom is -0.481 e. The molecule has 1 saturated heterocycles. The number of nitrogens with zero attached hydrogens (tertiary/aromatic N) is 2. The second kappa shape index (κ2) is 7.12. The molecule has 1 fully saturated rings. The normalized spacial score (nSPS) is 17.4. The molecule has 1 aliphatic heterocycles. The van der Waals surface area contributed by atoms with Crippen molar-refractivity contribution >= 4 is 22.8 Å². The number of aromatic amines is 1. The molecule has 3 rings (SSSR count). The van der Waals surface area contributed by atoms with E-state index in [0.29, 0.717) is 23.0 Å². The first-order chi connectivity index (χ1) is 12.4. The summed E-state index contributed by atoms with van der Waals surface area (Å²) in [4.78, 5) is 51.9. The number of carbonyl (C=O) groups is 2.